The Morgan fingerprint density at radius 1 is 0.462 bits per heavy atom. The molecule has 12 rings (SSSR count). The molecule has 0 aliphatic heterocycles. The molecule has 4 aliphatic rings. The zero-order valence-electron chi connectivity index (χ0n) is 37.0. The average Bonchev–Trinajstić information content (AvgIpc) is 3.63. The Labute approximate surface area is 384 Å². The highest BCUT2D eigenvalue weighted by Crippen LogP contribution is 2.58. The number of allylic oxidation sites excluding steroid dienone is 8. The molecule has 0 bridgehead atoms. The number of rotatable bonds is 8. The minimum absolute atomic E-state index is 0.0958. The van der Waals surface area contributed by atoms with Crippen molar-refractivity contribution in [3.63, 3.8) is 0 Å². The maximum absolute atomic E-state index is 2.60. The van der Waals surface area contributed by atoms with Crippen LogP contribution >= 0.6 is 0 Å². The van der Waals surface area contributed by atoms with Gasteiger partial charge >= 0.3 is 0 Å². The highest BCUT2D eigenvalue weighted by molar-refractivity contribution is 5.99. The molecule has 0 N–H and O–H groups in total. The van der Waals surface area contributed by atoms with Crippen molar-refractivity contribution >= 4 is 44.6 Å². The molecule has 0 atom stereocenters. The van der Waals surface area contributed by atoms with E-state index in [2.05, 4.69) is 217 Å². The maximum Gasteiger partial charge on any atom is 0.0464 e. The van der Waals surface area contributed by atoms with Crippen LogP contribution in [0.5, 0.6) is 0 Å². The summed E-state index contributed by atoms with van der Waals surface area (Å²) in [6.07, 6.45) is 25.2. The van der Waals surface area contributed by atoms with Crippen LogP contribution in [0.1, 0.15) is 74.5 Å². The van der Waals surface area contributed by atoms with Crippen molar-refractivity contribution in [2.24, 2.45) is 0 Å². The van der Waals surface area contributed by atoms with Crippen molar-refractivity contribution in [3.8, 4) is 33.4 Å². The van der Waals surface area contributed by atoms with Gasteiger partial charge in [-0.25, -0.2) is 0 Å². The van der Waals surface area contributed by atoms with Gasteiger partial charge in [-0.2, -0.15) is 0 Å². The third-order valence-electron chi connectivity index (χ3n) is 14.7. The zero-order chi connectivity index (χ0) is 43.2. The van der Waals surface area contributed by atoms with Crippen LogP contribution in [0.15, 0.2) is 223 Å². The van der Waals surface area contributed by atoms with Crippen molar-refractivity contribution in [1.29, 1.82) is 0 Å². The number of anilines is 2. The molecule has 1 spiro atoms. The van der Waals surface area contributed by atoms with Gasteiger partial charge in [0, 0.05) is 22.5 Å². The van der Waals surface area contributed by atoms with Crippen LogP contribution in [0, 0.1) is 0 Å². The fraction of sp³-hybridized carbons (Fsp3) is 0.156. The number of fused-ring (bicyclic) bond motifs is 6. The third kappa shape index (κ3) is 7.30. The van der Waals surface area contributed by atoms with Crippen molar-refractivity contribution in [1.82, 2.24) is 0 Å². The van der Waals surface area contributed by atoms with E-state index in [0.29, 0.717) is 0 Å². The maximum atomic E-state index is 2.60. The Kier molecular flexibility index (Phi) is 10.1. The molecule has 1 fully saturated rings. The third-order valence-corrected chi connectivity index (χ3v) is 14.7. The average molecular weight is 836 g/mol. The summed E-state index contributed by atoms with van der Waals surface area (Å²) in [6.45, 7) is 0. The van der Waals surface area contributed by atoms with E-state index in [1.54, 1.807) is 16.7 Å². The fourth-order valence-corrected chi connectivity index (χ4v) is 11.5. The normalized spacial score (nSPS) is 16.5. The molecule has 0 radical (unpaired) electrons. The Hall–Kier alpha value is -7.22. The summed E-state index contributed by atoms with van der Waals surface area (Å²) in [5, 5.41) is 5.04. The summed E-state index contributed by atoms with van der Waals surface area (Å²) in [5.41, 5.74) is 20.3. The van der Waals surface area contributed by atoms with Crippen LogP contribution in [0.4, 0.5) is 11.4 Å². The van der Waals surface area contributed by atoms with Gasteiger partial charge in [0.25, 0.3) is 0 Å². The Morgan fingerprint density at radius 2 is 1.11 bits per heavy atom. The summed E-state index contributed by atoms with van der Waals surface area (Å²) in [7, 11) is 0. The molecule has 0 heterocycles. The minimum Gasteiger partial charge on any atom is -0.311 e. The zero-order valence-corrected chi connectivity index (χ0v) is 37.0. The molecule has 4 aliphatic carbocycles. The first kappa shape index (κ1) is 39.4. The van der Waals surface area contributed by atoms with E-state index in [1.165, 1.54) is 121 Å². The summed E-state index contributed by atoms with van der Waals surface area (Å²) in [4.78, 5) is 2.48. The predicted molar refractivity (Wildman–Crippen MR) is 277 cm³/mol. The second kappa shape index (κ2) is 16.7. The number of nitrogens with zero attached hydrogens (tertiary/aromatic N) is 1. The number of benzene rings is 8. The highest BCUT2D eigenvalue weighted by atomic mass is 15.1. The van der Waals surface area contributed by atoms with E-state index in [4.69, 9.17) is 0 Å². The molecular weight excluding hydrogens is 783 g/mol. The first-order valence-electron chi connectivity index (χ1n) is 23.9. The van der Waals surface area contributed by atoms with Crippen molar-refractivity contribution in [3.05, 3.63) is 240 Å². The van der Waals surface area contributed by atoms with Crippen LogP contribution < -0.4 is 4.90 Å². The standard InChI is InChI=1S/C64H53N/c1-6-16-47(17-7-1)60-42-53-32-31-52(41-54(53)43-61(60)48-18-8-2-9-19-48)51-30-29-49-38-45(26-28-50(49)40-51)24-25-46-27-34-58-59-35-33-57(44-63(59)64(62(58)39-46)36-14-5-15-37-64)65(55-20-10-3-11-21-55)56-22-12-4-13-23-56/h1-3,6-12,16-26,28-33,35,38-44H,4-5,13-15,27,34,36-37H2/b25-24+. The molecule has 65 heavy (non-hydrogen) atoms. The monoisotopic (exact) mass is 835 g/mol. The molecule has 0 saturated heterocycles. The van der Waals surface area contributed by atoms with Gasteiger partial charge < -0.3 is 4.90 Å². The van der Waals surface area contributed by atoms with E-state index in [0.717, 1.165) is 25.7 Å². The molecule has 8 aromatic rings. The van der Waals surface area contributed by atoms with E-state index in [1.807, 2.05) is 0 Å². The minimum atomic E-state index is 0.0958. The smallest absolute Gasteiger partial charge is 0.0464 e. The Balaban J connectivity index is 0.826. The lowest BCUT2D eigenvalue weighted by Gasteiger charge is -2.38. The summed E-state index contributed by atoms with van der Waals surface area (Å²) in [5.74, 6) is 0. The van der Waals surface area contributed by atoms with Gasteiger partial charge in [-0.15, -0.1) is 0 Å². The second-order valence-electron chi connectivity index (χ2n) is 18.6. The van der Waals surface area contributed by atoms with Crippen molar-refractivity contribution < 1.29 is 0 Å². The highest BCUT2D eigenvalue weighted by Gasteiger charge is 2.45. The molecule has 0 aromatic heterocycles. The van der Waals surface area contributed by atoms with Crippen LogP contribution in [0.2, 0.25) is 0 Å². The van der Waals surface area contributed by atoms with E-state index in [9.17, 15) is 0 Å². The first-order valence-corrected chi connectivity index (χ1v) is 23.9. The Bertz CT molecular complexity index is 3260. The number of hydrogen-bond donors (Lipinski definition) is 0. The number of hydrogen-bond acceptors (Lipinski definition) is 1. The molecule has 1 heteroatoms. The molecule has 0 amide bonds. The van der Waals surface area contributed by atoms with Gasteiger partial charge in [0.05, 0.1) is 0 Å². The lowest BCUT2D eigenvalue weighted by atomic mass is 9.66. The van der Waals surface area contributed by atoms with Crippen LogP contribution in [0.3, 0.4) is 0 Å². The van der Waals surface area contributed by atoms with Crippen LogP contribution in [-0.2, 0) is 5.41 Å². The molecule has 1 nitrogen and oxygen atoms in total. The largest absolute Gasteiger partial charge is 0.311 e. The van der Waals surface area contributed by atoms with Crippen molar-refractivity contribution in [2.75, 3.05) is 4.90 Å². The second-order valence-corrected chi connectivity index (χ2v) is 18.6. The van der Waals surface area contributed by atoms with Crippen LogP contribution in [-0.4, -0.2) is 0 Å². The molecule has 0 unspecified atom stereocenters. The lowest BCUT2D eigenvalue weighted by Crippen LogP contribution is -2.29. The summed E-state index contributed by atoms with van der Waals surface area (Å²) in [6, 6.07) is 65.5. The van der Waals surface area contributed by atoms with E-state index < -0.39 is 0 Å². The predicted octanol–water partition coefficient (Wildman–Crippen LogP) is 17.8. The van der Waals surface area contributed by atoms with Gasteiger partial charge in [0.2, 0.25) is 0 Å². The molecular formula is C64H53N. The fourth-order valence-electron chi connectivity index (χ4n) is 11.5. The van der Waals surface area contributed by atoms with E-state index >= 15 is 0 Å². The van der Waals surface area contributed by atoms with Gasteiger partial charge in [0.1, 0.15) is 0 Å². The SMILES string of the molecule is C1=CC(N(c2ccccc2)c2ccc3c(c2)C2(CCCCC2)C2=C3CCC(/C=C/c3ccc4cc(-c5ccc6cc(-c7ccccc7)c(-c7ccccc7)cc6c5)ccc4c3)=C2)=CCC1. The lowest BCUT2D eigenvalue weighted by molar-refractivity contribution is 0.350. The Morgan fingerprint density at radius 3 is 1.82 bits per heavy atom. The first-order chi connectivity index (χ1) is 32.2. The topological polar surface area (TPSA) is 3.24 Å². The van der Waals surface area contributed by atoms with Gasteiger partial charge in [0.15, 0.2) is 0 Å². The quantitative estimate of drug-likeness (QED) is 0.147. The van der Waals surface area contributed by atoms with Crippen LogP contribution in [0.25, 0.3) is 66.6 Å². The summed E-state index contributed by atoms with van der Waals surface area (Å²) >= 11 is 0. The summed E-state index contributed by atoms with van der Waals surface area (Å²) < 4.78 is 0. The molecule has 8 aromatic carbocycles. The van der Waals surface area contributed by atoms with E-state index in [-0.39, 0.29) is 5.41 Å². The molecule has 1 saturated carbocycles. The van der Waals surface area contributed by atoms with Gasteiger partial charge in [-0.1, -0.05) is 171 Å². The number of para-hydroxylation sites is 1. The van der Waals surface area contributed by atoms with Gasteiger partial charge in [-0.05, 0) is 188 Å². The van der Waals surface area contributed by atoms with Gasteiger partial charge in [-0.3, -0.25) is 0 Å². The van der Waals surface area contributed by atoms with Crippen molar-refractivity contribution in [2.45, 2.75) is 63.2 Å². The molecule has 314 valence electrons.